The first-order chi connectivity index (χ1) is 11.0. The van der Waals surface area contributed by atoms with E-state index in [1.54, 1.807) is 6.42 Å². The van der Waals surface area contributed by atoms with Gasteiger partial charge in [-0.05, 0) is 118 Å². The highest BCUT2D eigenvalue weighted by Gasteiger charge is 2.52. The van der Waals surface area contributed by atoms with Crippen LogP contribution in [0.3, 0.4) is 0 Å². The molecule has 2 heteroatoms. The van der Waals surface area contributed by atoms with Crippen molar-refractivity contribution in [1.29, 1.82) is 0 Å². The molecule has 23 heavy (non-hydrogen) atoms. The Balaban J connectivity index is 0.000000106. The molecule has 4 N–H and O–H groups in total. The summed E-state index contributed by atoms with van der Waals surface area (Å²) in [7, 11) is 0. The van der Waals surface area contributed by atoms with Crippen LogP contribution >= 0.6 is 0 Å². The first-order valence-electron chi connectivity index (χ1n) is 10.5. The molecule has 0 atom stereocenters. The Hall–Kier alpha value is -0.0800. The lowest BCUT2D eigenvalue weighted by Gasteiger charge is -2.58. The second-order valence-electron chi connectivity index (χ2n) is 10.7. The van der Waals surface area contributed by atoms with Crippen LogP contribution in [0, 0.1) is 47.3 Å². The van der Waals surface area contributed by atoms with Crippen LogP contribution < -0.4 is 11.5 Å². The maximum absolute atomic E-state index is 6.41. The molecule has 8 fully saturated rings. The smallest absolute Gasteiger partial charge is 0.0183 e. The Morgan fingerprint density at radius 2 is 0.957 bits per heavy atom. The minimum atomic E-state index is 0.202. The van der Waals surface area contributed by atoms with Gasteiger partial charge < -0.3 is 11.5 Å². The Kier molecular flexibility index (Phi) is 3.44. The van der Waals surface area contributed by atoms with Crippen LogP contribution in [0.5, 0.6) is 0 Å². The normalized spacial score (nSPS) is 61.4. The van der Waals surface area contributed by atoms with Gasteiger partial charge in [-0.1, -0.05) is 0 Å². The van der Waals surface area contributed by atoms with Gasteiger partial charge in [0.25, 0.3) is 0 Å². The van der Waals surface area contributed by atoms with E-state index in [1.807, 2.05) is 0 Å². The van der Waals surface area contributed by atoms with Crippen molar-refractivity contribution in [2.24, 2.45) is 58.8 Å². The highest BCUT2D eigenvalue weighted by atomic mass is 14.8. The van der Waals surface area contributed by atoms with Gasteiger partial charge in [-0.2, -0.15) is 0 Å². The third-order valence-corrected chi connectivity index (χ3v) is 9.20. The van der Waals surface area contributed by atoms with Gasteiger partial charge in [0.1, 0.15) is 0 Å². The van der Waals surface area contributed by atoms with Crippen molar-refractivity contribution in [2.75, 3.05) is 0 Å². The van der Waals surface area contributed by atoms with E-state index in [9.17, 15) is 0 Å². The predicted molar refractivity (Wildman–Crippen MR) is 94.7 cm³/mol. The molecule has 0 aliphatic heterocycles. The standard InChI is InChI=1S/C11H19N.C10H17N/c1-11(12)9-3-7-2-8(5-9)6-10(11)4-7;11-10-8-2-6-1-7(4-8)5-9(10)3-6/h7-10H,2-6,12H2,1H3;6-10H,1-5,11H2. The maximum atomic E-state index is 6.41. The summed E-state index contributed by atoms with van der Waals surface area (Å²) in [5, 5.41) is 0. The van der Waals surface area contributed by atoms with E-state index in [4.69, 9.17) is 11.5 Å². The minimum absolute atomic E-state index is 0.202. The number of rotatable bonds is 0. The molecule has 0 aromatic rings. The summed E-state index contributed by atoms with van der Waals surface area (Å²) in [6, 6.07) is 0.586. The fraction of sp³-hybridized carbons (Fsp3) is 1.00. The molecular formula is C21H36N2. The average Bonchev–Trinajstić information content (AvgIpc) is 2.50. The van der Waals surface area contributed by atoms with E-state index < -0.39 is 0 Å². The van der Waals surface area contributed by atoms with Crippen LogP contribution in [0.4, 0.5) is 0 Å². The van der Waals surface area contributed by atoms with Crippen LogP contribution in [0.2, 0.25) is 0 Å². The third kappa shape index (κ3) is 2.42. The van der Waals surface area contributed by atoms with Crippen molar-refractivity contribution >= 4 is 0 Å². The van der Waals surface area contributed by atoms with Crippen molar-refractivity contribution in [1.82, 2.24) is 0 Å². The molecule has 8 aliphatic rings. The molecule has 0 amide bonds. The maximum Gasteiger partial charge on any atom is 0.0183 e. The van der Waals surface area contributed by atoms with E-state index in [2.05, 4.69) is 6.92 Å². The summed E-state index contributed by atoms with van der Waals surface area (Å²) < 4.78 is 0. The second kappa shape index (κ2) is 5.21. The molecule has 0 heterocycles. The fourth-order valence-electron chi connectivity index (χ4n) is 8.17. The first kappa shape index (κ1) is 15.2. The highest BCUT2D eigenvalue weighted by Crippen LogP contribution is 2.57. The van der Waals surface area contributed by atoms with Crippen LogP contribution in [0.15, 0.2) is 0 Å². The molecule has 8 aliphatic carbocycles. The summed E-state index contributed by atoms with van der Waals surface area (Å²) in [6.07, 6.45) is 14.7. The largest absolute Gasteiger partial charge is 0.327 e. The van der Waals surface area contributed by atoms with Crippen LogP contribution in [-0.2, 0) is 0 Å². The number of hydrogen-bond acceptors (Lipinski definition) is 2. The molecule has 0 aromatic heterocycles. The van der Waals surface area contributed by atoms with Gasteiger partial charge in [0, 0.05) is 11.6 Å². The molecule has 2 nitrogen and oxygen atoms in total. The lowest BCUT2D eigenvalue weighted by molar-refractivity contribution is -0.0464. The van der Waals surface area contributed by atoms with E-state index in [1.165, 1.54) is 57.8 Å². The van der Waals surface area contributed by atoms with Crippen molar-refractivity contribution in [3.05, 3.63) is 0 Å². The molecule has 130 valence electrons. The van der Waals surface area contributed by atoms with Gasteiger partial charge in [0.15, 0.2) is 0 Å². The summed E-state index contributed by atoms with van der Waals surface area (Å²) in [5.74, 6) is 7.86. The molecule has 0 radical (unpaired) electrons. The Morgan fingerprint density at radius 1 is 0.609 bits per heavy atom. The van der Waals surface area contributed by atoms with Gasteiger partial charge in [-0.3, -0.25) is 0 Å². The van der Waals surface area contributed by atoms with E-state index in [0.29, 0.717) is 6.04 Å². The molecule has 8 rings (SSSR count). The summed E-state index contributed by atoms with van der Waals surface area (Å²) in [4.78, 5) is 0. The Bertz CT molecular complexity index is 410. The molecule has 0 aromatic carbocycles. The van der Waals surface area contributed by atoms with Crippen molar-refractivity contribution < 1.29 is 0 Å². The van der Waals surface area contributed by atoms with Crippen molar-refractivity contribution in [3.8, 4) is 0 Å². The third-order valence-electron chi connectivity index (χ3n) is 9.20. The number of hydrogen-bond donors (Lipinski definition) is 2. The van der Waals surface area contributed by atoms with E-state index >= 15 is 0 Å². The molecule has 8 bridgehead atoms. The van der Waals surface area contributed by atoms with Crippen LogP contribution in [-0.4, -0.2) is 11.6 Å². The lowest BCUT2D eigenvalue weighted by atomic mass is 9.49. The first-order valence-corrected chi connectivity index (χ1v) is 10.5. The van der Waals surface area contributed by atoms with Gasteiger partial charge in [-0.15, -0.1) is 0 Å². The fourth-order valence-corrected chi connectivity index (χ4v) is 8.17. The quantitative estimate of drug-likeness (QED) is 0.711. The summed E-state index contributed by atoms with van der Waals surface area (Å²) in [5.41, 5.74) is 12.8. The van der Waals surface area contributed by atoms with Crippen molar-refractivity contribution in [3.63, 3.8) is 0 Å². The second-order valence-corrected chi connectivity index (χ2v) is 10.7. The monoisotopic (exact) mass is 316 g/mol. The molecular weight excluding hydrogens is 280 g/mol. The molecule has 0 unspecified atom stereocenters. The summed E-state index contributed by atoms with van der Waals surface area (Å²) >= 11 is 0. The zero-order valence-electron chi connectivity index (χ0n) is 14.9. The van der Waals surface area contributed by atoms with E-state index in [0.717, 1.165) is 47.3 Å². The van der Waals surface area contributed by atoms with E-state index in [-0.39, 0.29) is 5.54 Å². The molecule has 0 saturated heterocycles. The molecule has 8 saturated carbocycles. The van der Waals surface area contributed by atoms with Gasteiger partial charge >= 0.3 is 0 Å². The number of nitrogens with two attached hydrogens (primary N) is 2. The SMILES string of the molecule is CC1(N)C2CC3CC(C2)CC1C3.NC1C2CC3CC(C2)CC1C3. The Morgan fingerprint density at radius 3 is 1.35 bits per heavy atom. The van der Waals surface area contributed by atoms with Gasteiger partial charge in [-0.25, -0.2) is 0 Å². The zero-order valence-corrected chi connectivity index (χ0v) is 14.9. The van der Waals surface area contributed by atoms with Crippen LogP contribution in [0.1, 0.15) is 71.1 Å². The molecule has 0 spiro atoms. The topological polar surface area (TPSA) is 52.0 Å². The Labute approximate surface area is 142 Å². The predicted octanol–water partition coefficient (Wildman–Crippen LogP) is 3.93. The van der Waals surface area contributed by atoms with Crippen molar-refractivity contribution in [2.45, 2.75) is 82.7 Å². The van der Waals surface area contributed by atoms with Gasteiger partial charge in [0.2, 0.25) is 0 Å². The van der Waals surface area contributed by atoms with Gasteiger partial charge in [0.05, 0.1) is 0 Å². The summed E-state index contributed by atoms with van der Waals surface area (Å²) in [6.45, 7) is 2.31. The van der Waals surface area contributed by atoms with Crippen LogP contribution in [0.25, 0.3) is 0 Å². The lowest BCUT2D eigenvalue weighted by Crippen LogP contribution is -2.60. The average molecular weight is 317 g/mol. The highest BCUT2D eigenvalue weighted by molar-refractivity contribution is 5.07. The minimum Gasteiger partial charge on any atom is -0.327 e. The zero-order chi connectivity index (χ0) is 15.8.